The molecule has 0 heterocycles. The van der Waals surface area contributed by atoms with Gasteiger partial charge in [-0.3, -0.25) is 0 Å². The summed E-state index contributed by atoms with van der Waals surface area (Å²) in [6, 6.07) is 5.22. The van der Waals surface area contributed by atoms with Gasteiger partial charge in [0.1, 0.15) is 6.61 Å². The quantitative estimate of drug-likeness (QED) is 0.715. The maximum atomic E-state index is 5.79. The molecule has 0 aliphatic rings. The van der Waals surface area contributed by atoms with Gasteiger partial charge in [0.05, 0.1) is 7.11 Å². The highest BCUT2D eigenvalue weighted by molar-refractivity contribution is 6.30. The van der Waals surface area contributed by atoms with Gasteiger partial charge in [-0.2, -0.15) is 0 Å². The lowest BCUT2D eigenvalue weighted by Gasteiger charge is -2.08. The number of halogens is 1. The van der Waals surface area contributed by atoms with Crippen molar-refractivity contribution in [3.63, 3.8) is 0 Å². The number of hydrogen-bond acceptors (Lipinski definition) is 2. The van der Waals surface area contributed by atoms with Crippen molar-refractivity contribution in [2.75, 3.05) is 13.7 Å². The van der Waals surface area contributed by atoms with E-state index in [0.29, 0.717) is 23.1 Å². The molecule has 0 saturated heterocycles. The molecule has 2 nitrogen and oxygen atoms in total. The molecule has 0 radical (unpaired) electrons. The number of benzene rings is 1. The van der Waals surface area contributed by atoms with Gasteiger partial charge in [0.15, 0.2) is 11.5 Å². The molecule has 1 aromatic rings. The molecule has 0 aliphatic carbocycles. The zero-order valence-electron chi connectivity index (χ0n) is 8.13. The summed E-state index contributed by atoms with van der Waals surface area (Å²) < 4.78 is 10.5. The van der Waals surface area contributed by atoms with Crippen LogP contribution in [0.1, 0.15) is 6.92 Å². The minimum Gasteiger partial charge on any atom is -0.493 e. The highest BCUT2D eigenvalue weighted by Crippen LogP contribution is 2.29. The lowest BCUT2D eigenvalue weighted by atomic mass is 10.3. The van der Waals surface area contributed by atoms with Crippen molar-refractivity contribution in [1.29, 1.82) is 0 Å². The molecule has 1 rings (SSSR count). The van der Waals surface area contributed by atoms with Crippen LogP contribution in [0.2, 0.25) is 5.02 Å². The molecule has 1 aromatic carbocycles. The topological polar surface area (TPSA) is 18.5 Å². The third-order valence-corrected chi connectivity index (χ3v) is 1.84. The van der Waals surface area contributed by atoms with E-state index in [4.69, 9.17) is 21.1 Å². The number of ether oxygens (including phenoxy) is 2. The fourth-order valence-corrected chi connectivity index (χ4v) is 1.11. The number of rotatable bonds is 3. The fraction of sp³-hybridized carbons (Fsp3) is 0.273. The molecule has 74 valence electrons. The van der Waals surface area contributed by atoms with Crippen molar-refractivity contribution in [2.45, 2.75) is 6.92 Å². The zero-order valence-corrected chi connectivity index (χ0v) is 8.89. The highest BCUT2D eigenvalue weighted by atomic mass is 35.5. The van der Waals surface area contributed by atoms with Crippen molar-refractivity contribution < 1.29 is 9.47 Å². The van der Waals surface area contributed by atoms with Gasteiger partial charge in [-0.25, -0.2) is 0 Å². The molecule has 0 spiro atoms. The maximum Gasteiger partial charge on any atom is 0.162 e. The van der Waals surface area contributed by atoms with E-state index in [0.717, 1.165) is 0 Å². The first-order valence-electron chi connectivity index (χ1n) is 4.14. The van der Waals surface area contributed by atoms with E-state index >= 15 is 0 Å². The molecular weight excluding hydrogens is 200 g/mol. The van der Waals surface area contributed by atoms with Crippen LogP contribution < -0.4 is 9.47 Å². The summed E-state index contributed by atoms with van der Waals surface area (Å²) in [7, 11) is 1.57. The van der Waals surface area contributed by atoms with Crippen LogP contribution in [-0.2, 0) is 0 Å². The third kappa shape index (κ3) is 2.86. The van der Waals surface area contributed by atoms with Crippen LogP contribution in [0.15, 0.2) is 18.2 Å². The molecule has 14 heavy (non-hydrogen) atoms. The summed E-state index contributed by atoms with van der Waals surface area (Å²) in [6.45, 7) is 2.12. The maximum absolute atomic E-state index is 5.79. The average molecular weight is 211 g/mol. The first-order chi connectivity index (χ1) is 6.77. The summed E-state index contributed by atoms with van der Waals surface area (Å²) in [5.74, 6) is 6.82. The van der Waals surface area contributed by atoms with Crippen LogP contribution in [0.25, 0.3) is 0 Å². The van der Waals surface area contributed by atoms with Crippen molar-refractivity contribution in [2.24, 2.45) is 0 Å². The smallest absolute Gasteiger partial charge is 0.162 e. The molecule has 0 aromatic heterocycles. The molecule has 0 unspecified atom stereocenters. The van der Waals surface area contributed by atoms with Gasteiger partial charge in [-0.15, -0.1) is 5.92 Å². The molecule has 0 saturated carbocycles. The summed E-state index contributed by atoms with van der Waals surface area (Å²) >= 11 is 5.79. The summed E-state index contributed by atoms with van der Waals surface area (Å²) in [5, 5.41) is 0.621. The molecule has 0 bridgehead atoms. The predicted octanol–water partition coefficient (Wildman–Crippen LogP) is 2.75. The van der Waals surface area contributed by atoms with Gasteiger partial charge in [0, 0.05) is 11.1 Å². The normalized spacial score (nSPS) is 8.79. The van der Waals surface area contributed by atoms with Crippen LogP contribution in [0, 0.1) is 11.8 Å². The number of methoxy groups -OCH3 is 1. The Morgan fingerprint density at radius 1 is 1.36 bits per heavy atom. The Morgan fingerprint density at radius 2 is 2.14 bits per heavy atom. The lowest BCUT2D eigenvalue weighted by molar-refractivity contribution is 0.331. The SMILES string of the molecule is CC#CCOc1ccc(Cl)cc1OC. The molecule has 0 N–H and O–H groups in total. The molecule has 0 amide bonds. The standard InChI is InChI=1S/C11H11ClO2/c1-3-4-7-14-10-6-5-9(12)8-11(10)13-2/h5-6,8H,7H2,1-2H3. The van der Waals surface area contributed by atoms with Gasteiger partial charge in [-0.05, 0) is 19.1 Å². The second-order valence-corrected chi connectivity index (χ2v) is 2.95. The van der Waals surface area contributed by atoms with E-state index in [9.17, 15) is 0 Å². The van der Waals surface area contributed by atoms with Gasteiger partial charge < -0.3 is 9.47 Å². The largest absolute Gasteiger partial charge is 0.493 e. The predicted molar refractivity (Wildman–Crippen MR) is 56.9 cm³/mol. The summed E-state index contributed by atoms with van der Waals surface area (Å²) in [4.78, 5) is 0. The van der Waals surface area contributed by atoms with Crippen LogP contribution in [0.5, 0.6) is 11.5 Å². The Bertz CT molecular complexity index is 363. The van der Waals surface area contributed by atoms with Gasteiger partial charge in [-0.1, -0.05) is 17.5 Å². The van der Waals surface area contributed by atoms with E-state index in [1.807, 2.05) is 0 Å². The van der Waals surface area contributed by atoms with Gasteiger partial charge in [0.25, 0.3) is 0 Å². The minimum absolute atomic E-state index is 0.356. The molecule has 0 aliphatic heterocycles. The summed E-state index contributed by atoms with van der Waals surface area (Å²) in [5.41, 5.74) is 0. The first kappa shape index (κ1) is 10.7. The molecule has 0 fully saturated rings. The van der Waals surface area contributed by atoms with E-state index in [2.05, 4.69) is 11.8 Å². The molecular formula is C11H11ClO2. The van der Waals surface area contributed by atoms with Gasteiger partial charge in [0.2, 0.25) is 0 Å². The Labute approximate surface area is 88.8 Å². The van der Waals surface area contributed by atoms with Crippen LogP contribution in [0.4, 0.5) is 0 Å². The average Bonchev–Trinajstić information content (AvgIpc) is 2.20. The molecule has 0 atom stereocenters. The Morgan fingerprint density at radius 3 is 2.79 bits per heavy atom. The zero-order chi connectivity index (χ0) is 10.4. The fourth-order valence-electron chi connectivity index (χ4n) is 0.947. The monoisotopic (exact) mass is 210 g/mol. The lowest BCUT2D eigenvalue weighted by Crippen LogP contribution is -1.96. The van der Waals surface area contributed by atoms with Crippen molar-refractivity contribution in [3.05, 3.63) is 23.2 Å². The second kappa shape index (κ2) is 5.41. The Hall–Kier alpha value is -1.33. The molecule has 3 heteroatoms. The number of hydrogen-bond donors (Lipinski definition) is 0. The van der Waals surface area contributed by atoms with Crippen LogP contribution in [-0.4, -0.2) is 13.7 Å². The second-order valence-electron chi connectivity index (χ2n) is 2.51. The first-order valence-corrected chi connectivity index (χ1v) is 4.51. The summed E-state index contributed by atoms with van der Waals surface area (Å²) in [6.07, 6.45) is 0. The van der Waals surface area contributed by atoms with E-state index in [1.54, 1.807) is 32.2 Å². The highest BCUT2D eigenvalue weighted by Gasteiger charge is 2.03. The Kier molecular flexibility index (Phi) is 4.15. The third-order valence-electron chi connectivity index (χ3n) is 1.60. The van der Waals surface area contributed by atoms with Crippen LogP contribution in [0.3, 0.4) is 0 Å². The minimum atomic E-state index is 0.356. The van der Waals surface area contributed by atoms with Crippen molar-refractivity contribution in [3.8, 4) is 23.3 Å². The van der Waals surface area contributed by atoms with Crippen LogP contribution >= 0.6 is 11.6 Å². The van der Waals surface area contributed by atoms with E-state index < -0.39 is 0 Å². The van der Waals surface area contributed by atoms with Crippen molar-refractivity contribution >= 4 is 11.6 Å². The van der Waals surface area contributed by atoms with Crippen molar-refractivity contribution in [1.82, 2.24) is 0 Å². The Balaban J connectivity index is 2.78. The van der Waals surface area contributed by atoms with E-state index in [1.165, 1.54) is 0 Å². The van der Waals surface area contributed by atoms with Gasteiger partial charge >= 0.3 is 0 Å². The van der Waals surface area contributed by atoms with E-state index in [-0.39, 0.29) is 0 Å².